The van der Waals surface area contributed by atoms with Crippen LogP contribution in [0, 0.1) is 13.8 Å². The van der Waals surface area contributed by atoms with Crippen molar-refractivity contribution < 1.29 is 4.79 Å². The first kappa shape index (κ1) is 14.2. The van der Waals surface area contributed by atoms with Crippen molar-refractivity contribution in [2.75, 3.05) is 0 Å². The first-order valence-electron chi connectivity index (χ1n) is 5.79. The third-order valence-electron chi connectivity index (χ3n) is 2.53. The highest BCUT2D eigenvalue weighted by molar-refractivity contribution is 9.09. The zero-order valence-corrected chi connectivity index (χ0v) is 12.3. The fourth-order valence-corrected chi connectivity index (χ4v) is 2.33. The van der Waals surface area contributed by atoms with Crippen molar-refractivity contribution in [1.82, 2.24) is 10.3 Å². The van der Waals surface area contributed by atoms with Crippen molar-refractivity contribution in [2.45, 2.75) is 45.0 Å². The lowest BCUT2D eigenvalue weighted by Gasteiger charge is -2.15. The number of nitrogens with zero attached hydrogens (tertiary/aromatic N) is 1. The van der Waals surface area contributed by atoms with Crippen LogP contribution < -0.4 is 5.32 Å². The Morgan fingerprint density at radius 2 is 2.06 bits per heavy atom. The molecule has 2 atom stereocenters. The zero-order chi connectivity index (χ0) is 13.0. The van der Waals surface area contributed by atoms with Crippen LogP contribution in [0.5, 0.6) is 0 Å². The van der Waals surface area contributed by atoms with Crippen molar-refractivity contribution in [3.05, 3.63) is 29.1 Å². The van der Waals surface area contributed by atoms with E-state index in [1.807, 2.05) is 32.9 Å². The smallest absolute Gasteiger partial charge is 0.253 e. The minimum absolute atomic E-state index is 0.0457. The number of nitrogens with one attached hydrogen (secondary N) is 1. The normalized spacial score (nSPS) is 14.2. The summed E-state index contributed by atoms with van der Waals surface area (Å²) in [6.07, 6.45) is 0.907. The zero-order valence-electron chi connectivity index (χ0n) is 10.7. The first-order valence-corrected chi connectivity index (χ1v) is 6.71. The SMILES string of the molecule is Cc1ccc(C(=O)NC(C)CC(C)Br)c(C)n1. The second-order valence-electron chi connectivity index (χ2n) is 4.48. The van der Waals surface area contributed by atoms with E-state index in [9.17, 15) is 4.79 Å². The highest BCUT2D eigenvalue weighted by atomic mass is 79.9. The molecule has 0 aliphatic rings. The van der Waals surface area contributed by atoms with Gasteiger partial charge in [0.05, 0.1) is 11.3 Å². The summed E-state index contributed by atoms with van der Waals surface area (Å²) in [4.78, 5) is 16.7. The maximum atomic E-state index is 12.0. The molecule has 94 valence electrons. The molecule has 0 aliphatic carbocycles. The lowest BCUT2D eigenvalue weighted by atomic mass is 10.1. The molecule has 0 fully saturated rings. The van der Waals surface area contributed by atoms with Crippen molar-refractivity contribution in [2.24, 2.45) is 0 Å². The van der Waals surface area contributed by atoms with Crippen molar-refractivity contribution in [3.8, 4) is 0 Å². The molecule has 0 radical (unpaired) electrons. The third kappa shape index (κ3) is 4.46. The molecule has 4 heteroatoms. The average Bonchev–Trinajstić information content (AvgIpc) is 2.15. The van der Waals surface area contributed by atoms with E-state index >= 15 is 0 Å². The number of amides is 1. The number of pyridine rings is 1. The largest absolute Gasteiger partial charge is 0.349 e. The van der Waals surface area contributed by atoms with Gasteiger partial charge in [-0.3, -0.25) is 9.78 Å². The van der Waals surface area contributed by atoms with E-state index in [1.165, 1.54) is 0 Å². The summed E-state index contributed by atoms with van der Waals surface area (Å²) in [6.45, 7) is 7.86. The Hall–Kier alpha value is -0.900. The summed E-state index contributed by atoms with van der Waals surface area (Å²) in [5.41, 5.74) is 2.37. The van der Waals surface area contributed by atoms with Crippen LogP contribution in [0.25, 0.3) is 0 Å². The highest BCUT2D eigenvalue weighted by Crippen LogP contribution is 2.09. The van der Waals surface area contributed by atoms with Crippen LogP contribution in [0.3, 0.4) is 0 Å². The summed E-state index contributed by atoms with van der Waals surface area (Å²) in [5.74, 6) is -0.0457. The number of halogens is 1. The Bertz CT molecular complexity index is 404. The van der Waals surface area contributed by atoms with E-state index in [2.05, 4.69) is 33.2 Å². The second kappa shape index (κ2) is 6.15. The minimum Gasteiger partial charge on any atom is -0.349 e. The molecule has 0 saturated heterocycles. The lowest BCUT2D eigenvalue weighted by molar-refractivity contribution is 0.0937. The van der Waals surface area contributed by atoms with Crippen LogP contribution in [-0.2, 0) is 0 Å². The van der Waals surface area contributed by atoms with Crippen LogP contribution >= 0.6 is 15.9 Å². The van der Waals surface area contributed by atoms with Gasteiger partial charge in [-0.25, -0.2) is 0 Å². The van der Waals surface area contributed by atoms with Crippen molar-refractivity contribution in [3.63, 3.8) is 0 Å². The van der Waals surface area contributed by atoms with Crippen molar-refractivity contribution in [1.29, 1.82) is 0 Å². The van der Waals surface area contributed by atoms with Gasteiger partial charge in [0.15, 0.2) is 0 Å². The van der Waals surface area contributed by atoms with Gasteiger partial charge in [0.25, 0.3) is 5.91 Å². The van der Waals surface area contributed by atoms with Crippen LogP contribution in [0.15, 0.2) is 12.1 Å². The van der Waals surface area contributed by atoms with Gasteiger partial charge in [0.2, 0.25) is 0 Å². The van der Waals surface area contributed by atoms with Crippen LogP contribution in [-0.4, -0.2) is 21.8 Å². The lowest BCUT2D eigenvalue weighted by Crippen LogP contribution is -2.34. The number of aryl methyl sites for hydroxylation is 2. The predicted molar refractivity (Wildman–Crippen MR) is 73.6 cm³/mol. The summed E-state index contributed by atoms with van der Waals surface area (Å²) < 4.78 is 0. The number of carbonyl (C=O) groups excluding carboxylic acids is 1. The highest BCUT2D eigenvalue weighted by Gasteiger charge is 2.13. The van der Waals surface area contributed by atoms with Gasteiger partial charge in [-0.2, -0.15) is 0 Å². The van der Waals surface area contributed by atoms with E-state index in [-0.39, 0.29) is 11.9 Å². The fraction of sp³-hybridized carbons (Fsp3) is 0.538. The van der Waals surface area contributed by atoms with Gasteiger partial charge >= 0.3 is 0 Å². The molecule has 1 aromatic heterocycles. The van der Waals surface area contributed by atoms with Crippen LogP contribution in [0.4, 0.5) is 0 Å². The predicted octanol–water partition coefficient (Wildman–Crippen LogP) is 2.99. The van der Waals surface area contributed by atoms with Crippen molar-refractivity contribution >= 4 is 21.8 Å². The monoisotopic (exact) mass is 298 g/mol. The summed E-state index contributed by atoms with van der Waals surface area (Å²) in [7, 11) is 0. The molecular weight excluding hydrogens is 280 g/mol. The second-order valence-corrected chi connectivity index (χ2v) is 6.04. The van der Waals surface area contributed by atoms with Crippen LogP contribution in [0.2, 0.25) is 0 Å². The molecule has 0 bridgehead atoms. The number of hydrogen-bond acceptors (Lipinski definition) is 2. The molecule has 0 aromatic carbocycles. The average molecular weight is 299 g/mol. The Kier molecular flexibility index (Phi) is 5.12. The summed E-state index contributed by atoms with van der Waals surface area (Å²) in [6, 6.07) is 3.84. The van der Waals surface area contributed by atoms with Crippen LogP contribution in [0.1, 0.15) is 42.0 Å². The molecule has 1 heterocycles. The molecular formula is C13H19BrN2O. The Balaban J connectivity index is 2.70. The molecule has 0 spiro atoms. The Labute approximate surface area is 111 Å². The molecule has 17 heavy (non-hydrogen) atoms. The molecule has 1 aromatic rings. The maximum Gasteiger partial charge on any atom is 0.253 e. The van der Waals surface area contributed by atoms with Gasteiger partial charge in [0, 0.05) is 16.6 Å². The quantitative estimate of drug-likeness (QED) is 0.868. The number of carbonyl (C=O) groups is 1. The number of rotatable bonds is 4. The number of hydrogen-bond donors (Lipinski definition) is 1. The van der Waals surface area contributed by atoms with E-state index in [0.717, 1.165) is 17.8 Å². The number of aromatic nitrogens is 1. The van der Waals surface area contributed by atoms with E-state index in [1.54, 1.807) is 0 Å². The van der Waals surface area contributed by atoms with Gasteiger partial charge in [-0.05, 0) is 39.3 Å². The molecule has 0 aliphatic heterocycles. The van der Waals surface area contributed by atoms with Gasteiger partial charge < -0.3 is 5.32 Å². The molecule has 3 nitrogen and oxygen atoms in total. The molecule has 1 amide bonds. The standard InChI is InChI=1S/C13H19BrN2O/c1-8(14)7-10(3)16-13(17)12-6-5-9(2)15-11(12)4/h5-6,8,10H,7H2,1-4H3,(H,16,17). The first-order chi connectivity index (χ1) is 7.90. The Morgan fingerprint density at radius 1 is 1.41 bits per heavy atom. The topological polar surface area (TPSA) is 42.0 Å². The maximum absolute atomic E-state index is 12.0. The number of alkyl halides is 1. The van der Waals surface area contributed by atoms with E-state index in [0.29, 0.717) is 10.4 Å². The Morgan fingerprint density at radius 3 is 2.59 bits per heavy atom. The van der Waals surface area contributed by atoms with E-state index in [4.69, 9.17) is 0 Å². The molecule has 1 N–H and O–H groups in total. The summed E-state index contributed by atoms with van der Waals surface area (Å²) in [5, 5.41) is 2.98. The van der Waals surface area contributed by atoms with Gasteiger partial charge in [-0.15, -0.1) is 0 Å². The fourth-order valence-electron chi connectivity index (χ4n) is 1.77. The summed E-state index contributed by atoms with van der Waals surface area (Å²) >= 11 is 3.48. The van der Waals surface area contributed by atoms with Gasteiger partial charge in [0.1, 0.15) is 0 Å². The molecule has 2 unspecified atom stereocenters. The molecule has 0 saturated carbocycles. The van der Waals surface area contributed by atoms with Gasteiger partial charge in [-0.1, -0.05) is 22.9 Å². The minimum atomic E-state index is -0.0457. The third-order valence-corrected chi connectivity index (χ3v) is 2.90. The van der Waals surface area contributed by atoms with E-state index < -0.39 is 0 Å². The molecule has 1 rings (SSSR count).